The topological polar surface area (TPSA) is 79.6 Å². The molecule has 3 atom stereocenters. The number of benzene rings is 2. The summed E-state index contributed by atoms with van der Waals surface area (Å²) in [4.78, 5) is 12.6. The van der Waals surface area contributed by atoms with Crippen molar-refractivity contribution in [2.75, 3.05) is 0 Å². The highest BCUT2D eigenvalue weighted by atomic mass is 35.5. The lowest BCUT2D eigenvalue weighted by Crippen LogP contribution is -2.14. The van der Waals surface area contributed by atoms with Gasteiger partial charge >= 0.3 is 5.97 Å². The molecule has 1 fully saturated rings. The van der Waals surface area contributed by atoms with Crippen LogP contribution in [0.2, 0.25) is 0 Å². The number of esters is 1. The summed E-state index contributed by atoms with van der Waals surface area (Å²) in [6.07, 6.45) is 0.338. The van der Waals surface area contributed by atoms with Crippen LogP contribution in [0.5, 0.6) is 17.2 Å². The molecular weight excluding hydrogens is 432 g/mol. The molecule has 0 saturated heterocycles. The summed E-state index contributed by atoms with van der Waals surface area (Å²) < 4.78 is 25.1. The lowest BCUT2D eigenvalue weighted by molar-refractivity contribution is -0.149. The van der Waals surface area contributed by atoms with Crippen LogP contribution in [0.3, 0.4) is 0 Å². The smallest absolute Gasteiger partial charge is 0.311 e. The van der Waals surface area contributed by atoms with Gasteiger partial charge in [0.25, 0.3) is 0 Å². The average molecular weight is 450 g/mol. The van der Waals surface area contributed by atoms with Crippen LogP contribution >= 0.6 is 23.2 Å². The third-order valence-corrected chi connectivity index (χ3v) is 5.40. The van der Waals surface area contributed by atoms with Crippen LogP contribution in [0.4, 0.5) is 4.39 Å². The lowest BCUT2D eigenvalue weighted by atomic mass is 10.1. The van der Waals surface area contributed by atoms with Gasteiger partial charge in [0.15, 0.2) is 11.6 Å². The quantitative estimate of drug-likeness (QED) is 0.545. The first-order valence-electron chi connectivity index (χ1n) is 9.02. The van der Waals surface area contributed by atoms with Gasteiger partial charge in [-0.3, -0.25) is 4.79 Å². The minimum Gasteiger partial charge on any atom is -0.508 e. The number of hydrogen-bond acceptors (Lipinski definition) is 5. The molecule has 2 aromatic rings. The first kappa shape index (κ1) is 21.9. The molecule has 1 unspecified atom stereocenters. The molecule has 0 radical (unpaired) electrons. The highest BCUT2D eigenvalue weighted by Crippen LogP contribution is 2.60. The van der Waals surface area contributed by atoms with Crippen molar-refractivity contribution in [2.45, 2.75) is 20.0 Å². The Morgan fingerprint density at radius 1 is 1.27 bits per heavy atom. The van der Waals surface area contributed by atoms with Crippen molar-refractivity contribution >= 4 is 29.2 Å². The first-order valence-corrected chi connectivity index (χ1v) is 9.78. The second kappa shape index (κ2) is 8.55. The van der Waals surface area contributed by atoms with Crippen molar-refractivity contribution in [3.05, 3.63) is 64.4 Å². The number of allylic oxidation sites excluding steroid dienone is 1. The number of carbonyl (C=O) groups excluding carboxylic acids is 1. The Morgan fingerprint density at radius 2 is 1.93 bits per heavy atom. The molecule has 0 amide bonds. The standard InChI is InChI=1S/C22H18Cl2FNO4/c1-22(2)15(10-19(23)24)20(22)21(28)30-18(11-26)12-3-8-16(25)17(9-12)29-14-6-4-13(27)5-7-14/h3-10,15,18,20,27H,1-2H3/t15-,18?,20+/m0/s1. The number of ether oxygens (including phenoxy) is 2. The summed E-state index contributed by atoms with van der Waals surface area (Å²) in [6.45, 7) is 3.75. The molecule has 0 aliphatic heterocycles. The second-order valence-electron chi connectivity index (χ2n) is 7.51. The fraction of sp³-hybridized carbons (Fsp3) is 0.273. The van der Waals surface area contributed by atoms with E-state index in [2.05, 4.69) is 0 Å². The van der Waals surface area contributed by atoms with Gasteiger partial charge in [0.05, 0.1) is 5.92 Å². The molecule has 0 spiro atoms. The van der Waals surface area contributed by atoms with Crippen LogP contribution in [0.15, 0.2) is 53.0 Å². The summed E-state index contributed by atoms with van der Waals surface area (Å²) in [5.74, 6) is -1.71. The molecular formula is C22H18Cl2FNO4. The van der Waals surface area contributed by atoms with Crippen LogP contribution in [-0.2, 0) is 9.53 Å². The van der Waals surface area contributed by atoms with E-state index in [1.54, 1.807) is 6.08 Å². The lowest BCUT2D eigenvalue weighted by Gasteiger charge is -2.14. The van der Waals surface area contributed by atoms with Crippen molar-refractivity contribution < 1.29 is 23.8 Å². The van der Waals surface area contributed by atoms with Crippen molar-refractivity contribution in [1.29, 1.82) is 5.26 Å². The zero-order chi connectivity index (χ0) is 22.1. The number of hydrogen-bond donors (Lipinski definition) is 1. The van der Waals surface area contributed by atoms with E-state index < -0.39 is 29.2 Å². The maximum atomic E-state index is 14.2. The molecule has 30 heavy (non-hydrogen) atoms. The first-order chi connectivity index (χ1) is 14.1. The highest BCUT2D eigenvalue weighted by molar-refractivity contribution is 6.55. The number of rotatable bonds is 6. The summed E-state index contributed by atoms with van der Waals surface area (Å²) in [7, 11) is 0. The van der Waals surface area contributed by atoms with Crippen LogP contribution in [0.1, 0.15) is 25.5 Å². The fourth-order valence-electron chi connectivity index (χ4n) is 3.34. The predicted octanol–water partition coefficient (Wildman–Crippen LogP) is 6.02. The SMILES string of the molecule is CC1(C)[C@@H](C=C(Cl)Cl)[C@@H]1C(=O)OC(C#N)c1ccc(F)c(Oc2ccc(O)cc2)c1. The number of aromatic hydroxyl groups is 1. The molecule has 1 N–H and O–H groups in total. The molecule has 0 aromatic heterocycles. The highest BCUT2D eigenvalue weighted by Gasteiger charge is 2.62. The summed E-state index contributed by atoms with van der Waals surface area (Å²) in [6, 6.07) is 11.4. The number of nitrogens with zero attached hydrogens (tertiary/aromatic N) is 1. The molecule has 5 nitrogen and oxygen atoms in total. The number of halogens is 3. The Hall–Kier alpha value is -2.75. The predicted molar refractivity (Wildman–Crippen MR) is 110 cm³/mol. The van der Waals surface area contributed by atoms with E-state index in [1.165, 1.54) is 36.4 Å². The maximum Gasteiger partial charge on any atom is 0.311 e. The van der Waals surface area contributed by atoms with E-state index in [1.807, 2.05) is 19.9 Å². The average Bonchev–Trinajstić information content (AvgIpc) is 3.22. The number of phenols is 1. The largest absolute Gasteiger partial charge is 0.508 e. The van der Waals surface area contributed by atoms with Crippen LogP contribution < -0.4 is 4.74 Å². The van der Waals surface area contributed by atoms with E-state index >= 15 is 0 Å². The van der Waals surface area contributed by atoms with Gasteiger partial charge in [0.1, 0.15) is 22.1 Å². The normalized spacial score (nSPS) is 19.9. The van der Waals surface area contributed by atoms with Crippen LogP contribution in [-0.4, -0.2) is 11.1 Å². The Bertz CT molecular complexity index is 1030. The Morgan fingerprint density at radius 3 is 2.53 bits per heavy atom. The van der Waals surface area contributed by atoms with Crippen molar-refractivity contribution in [1.82, 2.24) is 0 Å². The number of nitriles is 1. The summed E-state index contributed by atoms with van der Waals surface area (Å²) >= 11 is 11.4. The molecule has 3 rings (SSSR count). The fourth-order valence-corrected chi connectivity index (χ4v) is 3.61. The zero-order valence-corrected chi connectivity index (χ0v) is 17.6. The molecule has 0 bridgehead atoms. The monoisotopic (exact) mass is 449 g/mol. The van der Waals surface area contributed by atoms with E-state index in [0.717, 1.165) is 6.07 Å². The van der Waals surface area contributed by atoms with E-state index in [-0.39, 0.29) is 27.5 Å². The summed E-state index contributed by atoms with van der Waals surface area (Å²) in [5, 5.41) is 18.8. The van der Waals surface area contributed by atoms with E-state index in [4.69, 9.17) is 32.7 Å². The molecule has 2 aromatic carbocycles. The minimum atomic E-state index is -1.24. The number of carbonyl (C=O) groups is 1. The van der Waals surface area contributed by atoms with Crippen molar-refractivity contribution in [2.24, 2.45) is 17.3 Å². The Kier molecular flexibility index (Phi) is 6.25. The van der Waals surface area contributed by atoms with Crippen molar-refractivity contribution in [3.8, 4) is 23.3 Å². The van der Waals surface area contributed by atoms with Crippen LogP contribution in [0.25, 0.3) is 0 Å². The van der Waals surface area contributed by atoms with Crippen LogP contribution in [0, 0.1) is 34.4 Å². The molecule has 1 saturated carbocycles. The number of phenolic OH excluding ortho intramolecular Hbond substituents is 1. The maximum absolute atomic E-state index is 14.2. The van der Waals surface area contributed by atoms with Gasteiger partial charge in [0, 0.05) is 5.56 Å². The van der Waals surface area contributed by atoms with E-state index in [0.29, 0.717) is 5.75 Å². The molecule has 8 heteroatoms. The van der Waals surface area contributed by atoms with Gasteiger partial charge < -0.3 is 14.6 Å². The van der Waals surface area contributed by atoms with Gasteiger partial charge in [-0.2, -0.15) is 5.26 Å². The second-order valence-corrected chi connectivity index (χ2v) is 8.52. The third kappa shape index (κ3) is 4.69. The van der Waals surface area contributed by atoms with Gasteiger partial charge in [-0.25, -0.2) is 4.39 Å². The summed E-state index contributed by atoms with van der Waals surface area (Å²) in [5.41, 5.74) is -0.135. The van der Waals surface area contributed by atoms with Gasteiger partial charge in [0.2, 0.25) is 6.10 Å². The van der Waals surface area contributed by atoms with Gasteiger partial charge in [-0.05, 0) is 53.8 Å². The zero-order valence-electron chi connectivity index (χ0n) is 16.1. The molecule has 156 valence electrons. The molecule has 1 aliphatic rings. The van der Waals surface area contributed by atoms with Gasteiger partial charge in [-0.15, -0.1) is 0 Å². The Labute approximate surface area is 183 Å². The third-order valence-electron chi connectivity index (χ3n) is 5.14. The molecule has 1 aliphatic carbocycles. The molecule has 0 heterocycles. The van der Waals surface area contributed by atoms with E-state index in [9.17, 15) is 19.6 Å². The minimum absolute atomic E-state index is 0.0413. The van der Waals surface area contributed by atoms with Gasteiger partial charge in [-0.1, -0.05) is 43.1 Å². The Balaban J connectivity index is 1.77. The van der Waals surface area contributed by atoms with Crippen molar-refractivity contribution in [3.63, 3.8) is 0 Å².